The number of benzene rings is 1. The molecule has 0 N–H and O–H groups in total. The number of hydrogen-bond donors (Lipinski definition) is 0. The maximum atomic E-state index is 12.6. The number of amides is 1. The monoisotopic (exact) mass is 415 g/mol. The number of carbonyl (C=O) groups excluding carboxylic acids is 1. The molecule has 0 fully saturated rings. The summed E-state index contributed by atoms with van der Waals surface area (Å²) in [4.78, 5) is 24.5. The Kier molecular flexibility index (Phi) is 7.24. The Morgan fingerprint density at radius 2 is 2.14 bits per heavy atom. The van der Waals surface area contributed by atoms with E-state index >= 15 is 0 Å². The fraction of sp³-hybridized carbons (Fsp3) is 0.467. The van der Waals surface area contributed by atoms with Gasteiger partial charge in [-0.05, 0) is 41.0 Å². The minimum absolute atomic E-state index is 0.0355. The van der Waals surface area contributed by atoms with Crippen molar-refractivity contribution < 1.29 is 9.72 Å². The SMILES string of the molecule is CC(C)CCN(CCC#N)C(=O)c1ccc([N+](=O)[O-])cc1I. The van der Waals surface area contributed by atoms with E-state index in [1.807, 2.05) is 28.7 Å². The minimum Gasteiger partial charge on any atom is -0.338 e. The van der Waals surface area contributed by atoms with Crippen molar-refractivity contribution in [2.24, 2.45) is 5.92 Å². The van der Waals surface area contributed by atoms with Crippen LogP contribution in [0.25, 0.3) is 0 Å². The second-order valence-electron chi connectivity index (χ2n) is 5.30. The Morgan fingerprint density at radius 1 is 1.45 bits per heavy atom. The lowest BCUT2D eigenvalue weighted by atomic mass is 10.1. The molecule has 0 atom stereocenters. The van der Waals surface area contributed by atoms with Crippen LogP contribution in [0.4, 0.5) is 5.69 Å². The van der Waals surface area contributed by atoms with Crippen LogP contribution in [0.3, 0.4) is 0 Å². The summed E-state index contributed by atoms with van der Waals surface area (Å²) in [5.41, 5.74) is 0.402. The average molecular weight is 415 g/mol. The maximum absolute atomic E-state index is 12.6. The molecule has 0 unspecified atom stereocenters. The molecule has 1 aromatic carbocycles. The van der Waals surface area contributed by atoms with Gasteiger partial charge in [0.15, 0.2) is 0 Å². The number of halogens is 1. The van der Waals surface area contributed by atoms with Crippen molar-refractivity contribution >= 4 is 34.2 Å². The molecule has 0 saturated heterocycles. The van der Waals surface area contributed by atoms with Crippen molar-refractivity contribution in [3.63, 3.8) is 0 Å². The summed E-state index contributed by atoms with van der Waals surface area (Å²) in [6.45, 7) is 5.09. The molecule has 0 aliphatic carbocycles. The van der Waals surface area contributed by atoms with Gasteiger partial charge in [0.2, 0.25) is 0 Å². The third-order valence-corrected chi connectivity index (χ3v) is 4.04. The lowest BCUT2D eigenvalue weighted by Crippen LogP contribution is -2.34. The number of nitro benzene ring substituents is 1. The van der Waals surface area contributed by atoms with Gasteiger partial charge in [-0.25, -0.2) is 0 Å². The van der Waals surface area contributed by atoms with Crippen LogP contribution in [0.15, 0.2) is 18.2 Å². The van der Waals surface area contributed by atoms with Gasteiger partial charge >= 0.3 is 0 Å². The van der Waals surface area contributed by atoms with E-state index in [-0.39, 0.29) is 18.0 Å². The van der Waals surface area contributed by atoms with Gasteiger partial charge in [-0.15, -0.1) is 0 Å². The molecule has 22 heavy (non-hydrogen) atoms. The fourth-order valence-corrected chi connectivity index (χ4v) is 2.60. The first-order chi connectivity index (χ1) is 10.4. The second-order valence-corrected chi connectivity index (χ2v) is 6.47. The van der Waals surface area contributed by atoms with Crippen LogP contribution >= 0.6 is 22.6 Å². The summed E-state index contributed by atoms with van der Waals surface area (Å²) in [5.74, 6) is 0.267. The van der Waals surface area contributed by atoms with Gasteiger partial charge < -0.3 is 4.90 Å². The highest BCUT2D eigenvalue weighted by Gasteiger charge is 2.20. The van der Waals surface area contributed by atoms with Gasteiger partial charge in [0.05, 0.1) is 23.0 Å². The van der Waals surface area contributed by atoms with Gasteiger partial charge in [-0.2, -0.15) is 5.26 Å². The van der Waals surface area contributed by atoms with Gasteiger partial charge in [0, 0.05) is 28.8 Å². The molecule has 0 bridgehead atoms. The topological polar surface area (TPSA) is 87.2 Å². The highest BCUT2D eigenvalue weighted by Crippen LogP contribution is 2.21. The van der Waals surface area contributed by atoms with Crippen molar-refractivity contribution in [2.45, 2.75) is 26.7 Å². The number of nitro groups is 1. The van der Waals surface area contributed by atoms with Crippen molar-refractivity contribution in [1.29, 1.82) is 5.26 Å². The molecule has 0 spiro atoms. The largest absolute Gasteiger partial charge is 0.338 e. The van der Waals surface area contributed by atoms with E-state index in [2.05, 4.69) is 13.8 Å². The fourth-order valence-electron chi connectivity index (χ4n) is 1.88. The zero-order chi connectivity index (χ0) is 16.7. The van der Waals surface area contributed by atoms with E-state index in [0.29, 0.717) is 28.1 Å². The van der Waals surface area contributed by atoms with Crippen LogP contribution < -0.4 is 0 Å². The summed E-state index contributed by atoms with van der Waals surface area (Å²) in [6.07, 6.45) is 1.12. The Morgan fingerprint density at radius 3 is 2.64 bits per heavy atom. The highest BCUT2D eigenvalue weighted by atomic mass is 127. The molecule has 0 radical (unpaired) electrons. The van der Waals surface area contributed by atoms with Crippen molar-refractivity contribution in [2.75, 3.05) is 13.1 Å². The molecule has 0 aliphatic heterocycles. The molecule has 0 heterocycles. The van der Waals surface area contributed by atoms with E-state index in [1.165, 1.54) is 18.2 Å². The number of non-ortho nitro benzene ring substituents is 1. The minimum atomic E-state index is -0.484. The zero-order valence-electron chi connectivity index (χ0n) is 12.6. The molecular weight excluding hydrogens is 397 g/mol. The van der Waals surface area contributed by atoms with E-state index in [9.17, 15) is 14.9 Å². The first-order valence-corrected chi connectivity index (χ1v) is 8.04. The van der Waals surface area contributed by atoms with Crippen LogP contribution in [0.1, 0.15) is 37.0 Å². The predicted octanol–water partition coefficient (Wildman–Crippen LogP) is 3.60. The molecule has 7 heteroatoms. The van der Waals surface area contributed by atoms with Crippen LogP contribution in [-0.2, 0) is 0 Å². The Labute approximate surface area is 143 Å². The maximum Gasteiger partial charge on any atom is 0.270 e. The number of nitrogens with zero attached hydrogens (tertiary/aromatic N) is 3. The number of nitriles is 1. The first kappa shape index (κ1) is 18.4. The number of rotatable bonds is 7. The smallest absolute Gasteiger partial charge is 0.270 e. The van der Waals surface area contributed by atoms with Gasteiger partial charge in [-0.3, -0.25) is 14.9 Å². The van der Waals surface area contributed by atoms with Crippen molar-refractivity contribution in [3.8, 4) is 6.07 Å². The van der Waals surface area contributed by atoms with Gasteiger partial charge in [0.1, 0.15) is 0 Å². The standard InChI is InChI=1S/C15H18IN3O3/c1-11(2)6-9-18(8-3-7-17)15(20)13-5-4-12(19(21)22)10-14(13)16/h4-5,10-11H,3,6,8-9H2,1-2H3. The Bertz CT molecular complexity index is 596. The van der Waals surface area contributed by atoms with Crippen molar-refractivity contribution in [1.82, 2.24) is 4.90 Å². The van der Waals surface area contributed by atoms with E-state index < -0.39 is 4.92 Å². The summed E-state index contributed by atoms with van der Waals surface area (Å²) in [6, 6.07) is 6.25. The van der Waals surface area contributed by atoms with Crippen LogP contribution in [0.2, 0.25) is 0 Å². The first-order valence-electron chi connectivity index (χ1n) is 6.97. The molecule has 0 aliphatic rings. The molecule has 6 nitrogen and oxygen atoms in total. The normalized spacial score (nSPS) is 10.3. The van der Waals surface area contributed by atoms with Crippen molar-refractivity contribution in [3.05, 3.63) is 37.4 Å². The summed E-state index contributed by atoms with van der Waals surface area (Å²) in [5, 5.41) is 19.5. The van der Waals surface area contributed by atoms with E-state index in [4.69, 9.17) is 5.26 Å². The lowest BCUT2D eigenvalue weighted by molar-refractivity contribution is -0.384. The molecule has 0 saturated carbocycles. The molecule has 0 aromatic heterocycles. The van der Waals surface area contributed by atoms with Gasteiger partial charge in [-0.1, -0.05) is 13.8 Å². The third-order valence-electron chi connectivity index (χ3n) is 3.15. The van der Waals surface area contributed by atoms with E-state index in [0.717, 1.165) is 6.42 Å². The van der Waals surface area contributed by atoms with Crippen LogP contribution in [0, 0.1) is 30.9 Å². The average Bonchev–Trinajstić information content (AvgIpc) is 2.46. The van der Waals surface area contributed by atoms with E-state index in [1.54, 1.807) is 4.90 Å². The molecule has 1 amide bonds. The zero-order valence-corrected chi connectivity index (χ0v) is 14.7. The molecule has 1 rings (SSSR count). The van der Waals surface area contributed by atoms with Gasteiger partial charge in [0.25, 0.3) is 11.6 Å². The molecule has 1 aromatic rings. The number of hydrogen-bond acceptors (Lipinski definition) is 4. The summed E-state index contributed by atoms with van der Waals surface area (Å²) in [7, 11) is 0. The highest BCUT2D eigenvalue weighted by molar-refractivity contribution is 14.1. The summed E-state index contributed by atoms with van der Waals surface area (Å²) >= 11 is 1.93. The Balaban J connectivity index is 2.97. The van der Waals surface area contributed by atoms with Crippen LogP contribution in [0.5, 0.6) is 0 Å². The molecule has 118 valence electrons. The molecular formula is C15H18IN3O3. The Hall–Kier alpha value is -1.69. The third kappa shape index (κ3) is 5.26. The number of carbonyl (C=O) groups is 1. The quantitative estimate of drug-likeness (QED) is 0.387. The van der Waals surface area contributed by atoms with Crippen LogP contribution in [-0.4, -0.2) is 28.8 Å². The predicted molar refractivity (Wildman–Crippen MR) is 91.4 cm³/mol. The second kappa shape index (κ2) is 8.68. The summed E-state index contributed by atoms with van der Waals surface area (Å²) < 4.78 is 0.545. The lowest BCUT2D eigenvalue weighted by Gasteiger charge is -2.23.